The highest BCUT2D eigenvalue weighted by atomic mass is 79.9. The predicted octanol–water partition coefficient (Wildman–Crippen LogP) is 1.46. The summed E-state index contributed by atoms with van der Waals surface area (Å²) in [5.41, 5.74) is 0.424. The van der Waals surface area contributed by atoms with E-state index in [0.717, 1.165) is 6.26 Å². The van der Waals surface area contributed by atoms with Crippen LogP contribution < -0.4 is 0 Å². The maximum atomic E-state index is 11.5. The highest BCUT2D eigenvalue weighted by molar-refractivity contribution is 9.10. The molecule has 0 unspecified atom stereocenters. The van der Waals surface area contributed by atoms with Crippen molar-refractivity contribution in [1.82, 2.24) is 4.98 Å². The van der Waals surface area contributed by atoms with Gasteiger partial charge in [-0.15, -0.1) is 0 Å². The summed E-state index contributed by atoms with van der Waals surface area (Å²) in [6, 6.07) is 1.62. The molecular formula is C9H10BrNO3S. The molecule has 0 saturated heterocycles. The van der Waals surface area contributed by atoms with Gasteiger partial charge in [-0.2, -0.15) is 0 Å². The van der Waals surface area contributed by atoms with E-state index in [0.29, 0.717) is 10.0 Å². The summed E-state index contributed by atoms with van der Waals surface area (Å²) in [4.78, 5) is 15.4. The largest absolute Gasteiger partial charge is 0.294 e. The Morgan fingerprint density at radius 1 is 1.47 bits per heavy atom. The van der Waals surface area contributed by atoms with Gasteiger partial charge in [-0.3, -0.25) is 9.78 Å². The molecule has 4 nitrogen and oxygen atoms in total. The van der Waals surface area contributed by atoms with Gasteiger partial charge in [0.05, 0.1) is 5.75 Å². The van der Waals surface area contributed by atoms with Crippen LogP contribution in [0.25, 0.3) is 0 Å². The van der Waals surface area contributed by atoms with Crippen LogP contribution in [0.3, 0.4) is 0 Å². The fourth-order valence-corrected chi connectivity index (χ4v) is 1.91. The van der Waals surface area contributed by atoms with E-state index in [1.54, 1.807) is 12.3 Å². The van der Waals surface area contributed by atoms with Crippen molar-refractivity contribution in [2.45, 2.75) is 6.42 Å². The highest BCUT2D eigenvalue weighted by Crippen LogP contribution is 2.11. The standard InChI is InChI=1S/C9H10BrNO3S/c1-15(13,14)3-2-9(12)7-4-8(10)6-11-5-7/h4-6H,2-3H2,1H3. The van der Waals surface area contributed by atoms with Crippen LogP contribution in [0.4, 0.5) is 0 Å². The number of hydrogen-bond donors (Lipinski definition) is 0. The second kappa shape index (κ2) is 4.85. The third kappa shape index (κ3) is 4.53. The summed E-state index contributed by atoms with van der Waals surface area (Å²) >= 11 is 3.19. The molecule has 15 heavy (non-hydrogen) atoms. The summed E-state index contributed by atoms with van der Waals surface area (Å²) < 4.78 is 22.4. The van der Waals surface area contributed by atoms with E-state index in [-0.39, 0.29) is 18.0 Å². The number of pyridine rings is 1. The summed E-state index contributed by atoms with van der Waals surface area (Å²) in [6.07, 6.45) is 4.10. The van der Waals surface area contributed by atoms with E-state index in [1.807, 2.05) is 0 Å². The van der Waals surface area contributed by atoms with Gasteiger partial charge in [-0.25, -0.2) is 8.42 Å². The molecule has 0 bridgehead atoms. The minimum atomic E-state index is -3.09. The van der Waals surface area contributed by atoms with Crippen molar-refractivity contribution in [1.29, 1.82) is 0 Å². The normalized spacial score (nSPS) is 11.3. The van der Waals surface area contributed by atoms with E-state index < -0.39 is 9.84 Å². The van der Waals surface area contributed by atoms with E-state index in [9.17, 15) is 13.2 Å². The molecule has 0 aliphatic heterocycles. The summed E-state index contributed by atoms with van der Waals surface area (Å²) in [6.45, 7) is 0. The molecule has 1 rings (SSSR count). The zero-order valence-corrected chi connectivity index (χ0v) is 10.5. The number of halogens is 1. The van der Waals surface area contributed by atoms with E-state index in [1.165, 1.54) is 6.20 Å². The lowest BCUT2D eigenvalue weighted by molar-refractivity contribution is 0.0988. The minimum absolute atomic E-state index is 0.00301. The van der Waals surface area contributed by atoms with Gasteiger partial charge in [0.1, 0.15) is 9.84 Å². The molecule has 1 aromatic heterocycles. The van der Waals surface area contributed by atoms with Gasteiger partial charge >= 0.3 is 0 Å². The van der Waals surface area contributed by atoms with Gasteiger partial charge in [0.2, 0.25) is 0 Å². The molecule has 0 amide bonds. The Morgan fingerprint density at radius 2 is 2.13 bits per heavy atom. The number of sulfone groups is 1. The van der Waals surface area contributed by atoms with Gasteiger partial charge < -0.3 is 0 Å². The van der Waals surface area contributed by atoms with Crippen molar-refractivity contribution in [3.8, 4) is 0 Å². The number of rotatable bonds is 4. The van der Waals surface area contributed by atoms with Crippen LogP contribution in [0, 0.1) is 0 Å². The molecule has 0 N–H and O–H groups in total. The van der Waals surface area contributed by atoms with Crippen LogP contribution in [0.5, 0.6) is 0 Å². The zero-order chi connectivity index (χ0) is 11.5. The third-order valence-electron chi connectivity index (χ3n) is 1.73. The van der Waals surface area contributed by atoms with Crippen molar-refractivity contribution in [2.75, 3.05) is 12.0 Å². The molecule has 0 aromatic carbocycles. The summed E-state index contributed by atoms with van der Waals surface area (Å²) in [7, 11) is -3.09. The number of aromatic nitrogens is 1. The third-order valence-corrected chi connectivity index (χ3v) is 3.11. The lowest BCUT2D eigenvalue weighted by atomic mass is 10.1. The number of nitrogens with zero attached hydrogens (tertiary/aromatic N) is 1. The summed E-state index contributed by atoms with van der Waals surface area (Å²) in [5.74, 6) is -0.340. The maximum absolute atomic E-state index is 11.5. The smallest absolute Gasteiger partial charge is 0.165 e. The van der Waals surface area contributed by atoms with Crippen molar-refractivity contribution in [3.63, 3.8) is 0 Å². The predicted molar refractivity (Wildman–Crippen MR) is 60.6 cm³/mol. The number of hydrogen-bond acceptors (Lipinski definition) is 4. The lowest BCUT2D eigenvalue weighted by Crippen LogP contribution is -2.09. The number of carbonyl (C=O) groups is 1. The fourth-order valence-electron chi connectivity index (χ4n) is 0.987. The molecule has 0 radical (unpaired) electrons. The number of ketones is 1. The average molecular weight is 292 g/mol. The Kier molecular flexibility index (Phi) is 3.98. The first-order valence-corrected chi connectivity index (χ1v) is 7.05. The Balaban J connectivity index is 2.70. The van der Waals surface area contributed by atoms with Gasteiger partial charge in [0.25, 0.3) is 0 Å². The van der Waals surface area contributed by atoms with E-state index in [2.05, 4.69) is 20.9 Å². The van der Waals surface area contributed by atoms with Gasteiger partial charge in [0, 0.05) is 35.1 Å². The molecule has 0 atom stereocenters. The second-order valence-electron chi connectivity index (χ2n) is 3.19. The molecule has 1 aromatic rings. The van der Waals surface area contributed by atoms with Gasteiger partial charge in [-0.05, 0) is 22.0 Å². The quantitative estimate of drug-likeness (QED) is 0.788. The molecule has 6 heteroatoms. The van der Waals surface area contributed by atoms with Crippen LogP contribution in [-0.2, 0) is 9.84 Å². The second-order valence-corrected chi connectivity index (χ2v) is 6.37. The Labute approximate surface area is 96.8 Å². The molecule has 1 heterocycles. The zero-order valence-electron chi connectivity index (χ0n) is 8.10. The molecule has 0 fully saturated rings. The van der Waals surface area contributed by atoms with Crippen LogP contribution in [0.15, 0.2) is 22.9 Å². The lowest BCUT2D eigenvalue weighted by Gasteiger charge is -2.00. The van der Waals surface area contributed by atoms with Crippen molar-refractivity contribution >= 4 is 31.6 Å². The van der Waals surface area contributed by atoms with Crippen molar-refractivity contribution in [2.24, 2.45) is 0 Å². The molecule has 0 saturated carbocycles. The van der Waals surface area contributed by atoms with Crippen LogP contribution >= 0.6 is 15.9 Å². The Bertz CT molecular complexity index is 470. The SMILES string of the molecule is CS(=O)(=O)CCC(=O)c1cncc(Br)c1. The fraction of sp³-hybridized carbons (Fsp3) is 0.333. The highest BCUT2D eigenvalue weighted by Gasteiger charge is 2.10. The Hall–Kier alpha value is -0.750. The van der Waals surface area contributed by atoms with Crippen LogP contribution in [-0.4, -0.2) is 31.2 Å². The van der Waals surface area contributed by atoms with E-state index >= 15 is 0 Å². The van der Waals surface area contributed by atoms with Crippen molar-refractivity contribution in [3.05, 3.63) is 28.5 Å². The topological polar surface area (TPSA) is 64.1 Å². The van der Waals surface area contributed by atoms with Crippen LogP contribution in [0.2, 0.25) is 0 Å². The maximum Gasteiger partial charge on any atom is 0.165 e. The Morgan fingerprint density at radius 3 is 2.67 bits per heavy atom. The first-order chi connectivity index (χ1) is 6.88. The molecule has 82 valence electrons. The molecule has 0 aliphatic rings. The average Bonchev–Trinajstić information content (AvgIpc) is 2.13. The number of carbonyl (C=O) groups excluding carboxylic acids is 1. The van der Waals surface area contributed by atoms with Gasteiger partial charge in [-0.1, -0.05) is 0 Å². The monoisotopic (exact) mass is 291 g/mol. The minimum Gasteiger partial charge on any atom is -0.294 e. The number of Topliss-reactive ketones (excluding diaryl/α,β-unsaturated/α-hetero) is 1. The summed E-state index contributed by atoms with van der Waals surface area (Å²) in [5, 5.41) is 0. The molecular weight excluding hydrogens is 282 g/mol. The first-order valence-electron chi connectivity index (χ1n) is 4.20. The first kappa shape index (κ1) is 12.3. The molecule has 0 aliphatic carbocycles. The molecule has 0 spiro atoms. The van der Waals surface area contributed by atoms with Gasteiger partial charge in [0.15, 0.2) is 5.78 Å². The van der Waals surface area contributed by atoms with Crippen LogP contribution in [0.1, 0.15) is 16.8 Å². The van der Waals surface area contributed by atoms with E-state index in [4.69, 9.17) is 0 Å². The van der Waals surface area contributed by atoms with Crippen molar-refractivity contribution < 1.29 is 13.2 Å².